The van der Waals surface area contributed by atoms with E-state index in [0.717, 1.165) is 18.4 Å². The molecule has 0 radical (unpaired) electrons. The third-order valence-corrected chi connectivity index (χ3v) is 4.59. The van der Waals surface area contributed by atoms with E-state index in [0.29, 0.717) is 24.6 Å². The summed E-state index contributed by atoms with van der Waals surface area (Å²) < 4.78 is 1.62. The summed E-state index contributed by atoms with van der Waals surface area (Å²) in [7, 11) is 0. The van der Waals surface area contributed by atoms with Gasteiger partial charge in [-0.3, -0.25) is 0 Å². The predicted molar refractivity (Wildman–Crippen MR) is 95.3 cm³/mol. The molecular formula is C18H20N6O. The fraction of sp³-hybridized carbons (Fsp3) is 0.278. The van der Waals surface area contributed by atoms with Gasteiger partial charge in [-0.25, -0.2) is 4.68 Å². The molecule has 7 heteroatoms. The number of hydrogen-bond acceptors (Lipinski definition) is 6. The molecule has 7 nitrogen and oxygen atoms in total. The Kier molecular flexibility index (Phi) is 3.85. The van der Waals surface area contributed by atoms with E-state index in [1.54, 1.807) is 23.1 Å². The standard InChI is InChI=1S/C18H20N6O/c19-17-22-15(11-16(23-17)24-10-4-9-21-24)20-12-18(25)8-3-6-13-5-1-2-7-14(13)18/h1-2,4-5,7,9-11,25H,3,6,8,12H2,(H3,19,20,22,23)/t18-/m0/s1. The van der Waals surface area contributed by atoms with Gasteiger partial charge >= 0.3 is 0 Å². The number of nitrogens with two attached hydrogens (primary N) is 1. The van der Waals surface area contributed by atoms with Crippen molar-refractivity contribution >= 4 is 11.8 Å². The summed E-state index contributed by atoms with van der Waals surface area (Å²) in [6, 6.07) is 11.6. The van der Waals surface area contributed by atoms with E-state index in [1.807, 2.05) is 24.3 Å². The first-order valence-corrected chi connectivity index (χ1v) is 8.33. The number of rotatable bonds is 4. The molecule has 1 atom stereocenters. The molecule has 2 aromatic heterocycles. The molecule has 0 saturated carbocycles. The van der Waals surface area contributed by atoms with Crippen LogP contribution in [0.15, 0.2) is 48.8 Å². The number of nitrogens with zero attached hydrogens (tertiary/aromatic N) is 4. The number of benzene rings is 1. The van der Waals surface area contributed by atoms with Crippen LogP contribution < -0.4 is 11.1 Å². The maximum atomic E-state index is 11.2. The molecule has 0 fully saturated rings. The molecule has 4 rings (SSSR count). The second-order valence-electron chi connectivity index (χ2n) is 6.32. The molecule has 3 aromatic rings. The fourth-order valence-corrected chi connectivity index (χ4v) is 3.38. The molecule has 1 aliphatic carbocycles. The van der Waals surface area contributed by atoms with Crippen molar-refractivity contribution in [1.82, 2.24) is 19.7 Å². The maximum absolute atomic E-state index is 11.2. The highest BCUT2D eigenvalue weighted by molar-refractivity contribution is 5.46. The highest BCUT2D eigenvalue weighted by Gasteiger charge is 2.34. The highest BCUT2D eigenvalue weighted by atomic mass is 16.3. The van der Waals surface area contributed by atoms with Gasteiger partial charge < -0.3 is 16.2 Å². The van der Waals surface area contributed by atoms with Crippen molar-refractivity contribution in [3.05, 3.63) is 59.9 Å². The zero-order valence-corrected chi connectivity index (χ0v) is 13.8. The van der Waals surface area contributed by atoms with E-state index in [9.17, 15) is 5.11 Å². The van der Waals surface area contributed by atoms with Crippen LogP contribution in [0.5, 0.6) is 0 Å². The Morgan fingerprint density at radius 3 is 2.96 bits per heavy atom. The molecule has 0 spiro atoms. The molecule has 4 N–H and O–H groups in total. The minimum absolute atomic E-state index is 0.159. The second-order valence-corrected chi connectivity index (χ2v) is 6.32. The van der Waals surface area contributed by atoms with Gasteiger partial charge in [-0.05, 0) is 36.5 Å². The lowest BCUT2D eigenvalue weighted by atomic mass is 9.79. The molecule has 128 valence electrons. The van der Waals surface area contributed by atoms with E-state index >= 15 is 0 Å². The van der Waals surface area contributed by atoms with Crippen LogP contribution in [0, 0.1) is 0 Å². The van der Waals surface area contributed by atoms with E-state index in [1.165, 1.54) is 5.56 Å². The minimum Gasteiger partial charge on any atom is -0.383 e. The summed E-state index contributed by atoms with van der Waals surface area (Å²) in [5.74, 6) is 1.30. The lowest BCUT2D eigenvalue weighted by molar-refractivity contribution is 0.0322. The molecule has 0 unspecified atom stereocenters. The van der Waals surface area contributed by atoms with Crippen molar-refractivity contribution in [3.63, 3.8) is 0 Å². The number of fused-ring (bicyclic) bond motifs is 1. The normalized spacial score (nSPS) is 19.4. The average molecular weight is 336 g/mol. The Morgan fingerprint density at radius 1 is 1.24 bits per heavy atom. The maximum Gasteiger partial charge on any atom is 0.224 e. The molecule has 0 amide bonds. The quantitative estimate of drug-likeness (QED) is 0.672. The van der Waals surface area contributed by atoms with E-state index < -0.39 is 5.60 Å². The number of anilines is 2. The fourth-order valence-electron chi connectivity index (χ4n) is 3.38. The zero-order chi connectivity index (χ0) is 17.3. The van der Waals surface area contributed by atoms with Gasteiger partial charge in [-0.2, -0.15) is 15.1 Å². The third kappa shape index (κ3) is 3.06. The molecular weight excluding hydrogens is 316 g/mol. The number of aryl methyl sites for hydroxylation is 1. The van der Waals surface area contributed by atoms with Crippen molar-refractivity contribution in [2.45, 2.75) is 24.9 Å². The third-order valence-electron chi connectivity index (χ3n) is 4.59. The topological polar surface area (TPSA) is 102 Å². The summed E-state index contributed by atoms with van der Waals surface area (Å²) in [5, 5.41) is 18.5. The zero-order valence-electron chi connectivity index (χ0n) is 13.8. The first-order valence-electron chi connectivity index (χ1n) is 8.33. The highest BCUT2D eigenvalue weighted by Crippen LogP contribution is 2.35. The lowest BCUT2D eigenvalue weighted by Crippen LogP contribution is -2.37. The molecule has 1 aliphatic rings. The smallest absolute Gasteiger partial charge is 0.224 e. The molecule has 0 aliphatic heterocycles. The van der Waals surface area contributed by atoms with Crippen LogP contribution in [0.25, 0.3) is 5.82 Å². The van der Waals surface area contributed by atoms with Gasteiger partial charge in [0.05, 0.1) is 0 Å². The van der Waals surface area contributed by atoms with E-state index in [2.05, 4.69) is 26.4 Å². The number of nitrogens with one attached hydrogen (secondary N) is 1. The number of hydrogen-bond donors (Lipinski definition) is 3. The van der Waals surface area contributed by atoms with Gasteiger partial charge in [-0.1, -0.05) is 24.3 Å². The van der Waals surface area contributed by atoms with Crippen LogP contribution in [-0.4, -0.2) is 31.4 Å². The largest absolute Gasteiger partial charge is 0.383 e. The summed E-state index contributed by atoms with van der Waals surface area (Å²) in [6.45, 7) is 0.360. The van der Waals surface area contributed by atoms with Gasteiger partial charge in [-0.15, -0.1) is 0 Å². The first-order chi connectivity index (χ1) is 12.1. The van der Waals surface area contributed by atoms with Crippen LogP contribution in [0.4, 0.5) is 11.8 Å². The van der Waals surface area contributed by atoms with Crippen molar-refractivity contribution < 1.29 is 5.11 Å². The van der Waals surface area contributed by atoms with Gasteiger partial charge in [0.1, 0.15) is 11.4 Å². The Hall–Kier alpha value is -2.93. The Morgan fingerprint density at radius 2 is 2.12 bits per heavy atom. The van der Waals surface area contributed by atoms with Crippen LogP contribution in [0.2, 0.25) is 0 Å². The molecule has 0 saturated heterocycles. The van der Waals surface area contributed by atoms with Crippen LogP contribution >= 0.6 is 0 Å². The number of aromatic nitrogens is 4. The minimum atomic E-state index is -0.916. The van der Waals surface area contributed by atoms with Crippen LogP contribution in [0.3, 0.4) is 0 Å². The summed E-state index contributed by atoms with van der Waals surface area (Å²) >= 11 is 0. The monoisotopic (exact) mass is 336 g/mol. The van der Waals surface area contributed by atoms with Crippen molar-refractivity contribution in [3.8, 4) is 5.82 Å². The molecule has 2 heterocycles. The molecule has 25 heavy (non-hydrogen) atoms. The SMILES string of the molecule is Nc1nc(NC[C@@]2(O)CCCc3ccccc32)cc(-n2cccn2)n1. The van der Waals surface area contributed by atoms with E-state index in [-0.39, 0.29) is 5.95 Å². The number of nitrogen functional groups attached to an aromatic ring is 1. The lowest BCUT2D eigenvalue weighted by Gasteiger charge is -2.34. The van der Waals surface area contributed by atoms with Gasteiger partial charge in [0.2, 0.25) is 5.95 Å². The van der Waals surface area contributed by atoms with E-state index in [4.69, 9.17) is 5.73 Å². The van der Waals surface area contributed by atoms with Crippen molar-refractivity contribution in [1.29, 1.82) is 0 Å². The van der Waals surface area contributed by atoms with Gasteiger partial charge in [0.25, 0.3) is 0 Å². The first kappa shape index (κ1) is 15.6. The Bertz CT molecular complexity index is 879. The summed E-state index contributed by atoms with van der Waals surface area (Å²) in [5.41, 5.74) is 7.10. The van der Waals surface area contributed by atoms with Crippen LogP contribution in [-0.2, 0) is 12.0 Å². The van der Waals surface area contributed by atoms with Crippen molar-refractivity contribution in [2.75, 3.05) is 17.6 Å². The van der Waals surface area contributed by atoms with Crippen molar-refractivity contribution in [2.24, 2.45) is 0 Å². The molecule has 0 bridgehead atoms. The Balaban J connectivity index is 1.58. The predicted octanol–water partition coefficient (Wildman–Crippen LogP) is 1.88. The Labute approximate surface area is 145 Å². The average Bonchev–Trinajstić information content (AvgIpc) is 3.15. The molecule has 1 aromatic carbocycles. The van der Waals surface area contributed by atoms with Gasteiger partial charge in [0, 0.05) is 25.0 Å². The number of aliphatic hydroxyl groups is 1. The summed E-state index contributed by atoms with van der Waals surface area (Å²) in [4.78, 5) is 8.41. The van der Waals surface area contributed by atoms with Gasteiger partial charge in [0.15, 0.2) is 5.82 Å². The van der Waals surface area contributed by atoms with Crippen LogP contribution in [0.1, 0.15) is 24.0 Å². The second kappa shape index (κ2) is 6.18. The summed E-state index contributed by atoms with van der Waals surface area (Å²) in [6.07, 6.45) is 6.13.